The fraction of sp³-hybridized carbons (Fsp3) is 0.0769. The topological polar surface area (TPSA) is 140 Å². The number of rotatable bonds is 5. The van der Waals surface area contributed by atoms with Crippen LogP contribution in [-0.4, -0.2) is 40.7 Å². The van der Waals surface area contributed by atoms with Gasteiger partial charge in [-0.1, -0.05) is 19.1 Å². The van der Waals surface area contributed by atoms with Gasteiger partial charge in [0, 0.05) is 41.7 Å². The molecule has 0 saturated carbocycles. The van der Waals surface area contributed by atoms with Crippen molar-refractivity contribution in [1.82, 2.24) is 34.8 Å². The van der Waals surface area contributed by atoms with E-state index in [0.717, 1.165) is 22.3 Å². The number of pyridine rings is 3. The standard InChI is InChI=1S/C26H20FN9O/c1-2-21(37)32-20-8-5-15(12-30-20)16-11-19-23(34-35-24(19)31-13-16)26-33-22-18(9-10-29-25(22)36(26)28)14-3-6-17(27)7-4-14/h3-13H,2,28H2,1H3,(H,30,32,37)(H,31,34,35). The number of nitrogens with zero attached hydrogens (tertiary/aromatic N) is 6. The number of aromatic amines is 1. The Labute approximate surface area is 209 Å². The van der Waals surface area contributed by atoms with Gasteiger partial charge in [0.25, 0.3) is 0 Å². The van der Waals surface area contributed by atoms with Crippen LogP contribution in [0, 0.1) is 5.82 Å². The number of imidazole rings is 1. The average Bonchev–Trinajstić information content (AvgIpc) is 3.49. The molecule has 0 bridgehead atoms. The van der Waals surface area contributed by atoms with Crippen LogP contribution in [-0.2, 0) is 4.79 Å². The molecule has 0 aliphatic rings. The Kier molecular flexibility index (Phi) is 5.29. The van der Waals surface area contributed by atoms with Crippen molar-refractivity contribution in [2.24, 2.45) is 0 Å². The smallest absolute Gasteiger partial charge is 0.225 e. The van der Waals surface area contributed by atoms with Crippen LogP contribution in [0.5, 0.6) is 0 Å². The Morgan fingerprint density at radius 3 is 2.57 bits per heavy atom. The van der Waals surface area contributed by atoms with Crippen molar-refractivity contribution < 1.29 is 9.18 Å². The predicted octanol–water partition coefficient (Wildman–Crippen LogP) is 4.30. The summed E-state index contributed by atoms with van der Waals surface area (Å²) in [5.41, 5.74) is 5.32. The minimum Gasteiger partial charge on any atom is -0.336 e. The highest BCUT2D eigenvalue weighted by Crippen LogP contribution is 2.33. The van der Waals surface area contributed by atoms with Crippen LogP contribution >= 0.6 is 0 Å². The second-order valence-corrected chi connectivity index (χ2v) is 8.37. The molecule has 1 aromatic carbocycles. The van der Waals surface area contributed by atoms with Crippen LogP contribution in [0.1, 0.15) is 13.3 Å². The van der Waals surface area contributed by atoms with E-state index in [2.05, 4.69) is 30.5 Å². The second-order valence-electron chi connectivity index (χ2n) is 8.37. The lowest BCUT2D eigenvalue weighted by atomic mass is 10.1. The molecule has 1 amide bonds. The van der Waals surface area contributed by atoms with Gasteiger partial charge < -0.3 is 11.2 Å². The van der Waals surface area contributed by atoms with Crippen molar-refractivity contribution in [2.75, 3.05) is 11.2 Å². The molecule has 0 radical (unpaired) electrons. The minimum atomic E-state index is -0.318. The Bertz CT molecular complexity index is 1770. The number of amides is 1. The maximum atomic E-state index is 13.5. The Morgan fingerprint density at radius 1 is 1.03 bits per heavy atom. The SMILES string of the molecule is CCC(=O)Nc1ccc(-c2cnc3n[nH]c(-c4nc5c(-c6ccc(F)cc6)ccnc5n4N)c3c2)cn1. The van der Waals surface area contributed by atoms with Crippen molar-refractivity contribution in [3.05, 3.63) is 72.9 Å². The molecule has 10 nitrogen and oxygen atoms in total. The number of carbonyl (C=O) groups is 1. The predicted molar refractivity (Wildman–Crippen MR) is 138 cm³/mol. The van der Waals surface area contributed by atoms with E-state index in [4.69, 9.17) is 10.8 Å². The van der Waals surface area contributed by atoms with Gasteiger partial charge in [-0.25, -0.2) is 29.0 Å². The van der Waals surface area contributed by atoms with E-state index in [1.165, 1.54) is 16.8 Å². The molecule has 5 aromatic heterocycles. The third kappa shape index (κ3) is 3.92. The molecule has 37 heavy (non-hydrogen) atoms. The van der Waals surface area contributed by atoms with Crippen LogP contribution in [0.4, 0.5) is 10.2 Å². The number of hydrogen-bond acceptors (Lipinski definition) is 7. The molecular weight excluding hydrogens is 473 g/mol. The molecule has 6 aromatic rings. The summed E-state index contributed by atoms with van der Waals surface area (Å²) in [5, 5.41) is 10.8. The van der Waals surface area contributed by atoms with Gasteiger partial charge in [-0.15, -0.1) is 0 Å². The normalized spacial score (nSPS) is 11.3. The molecule has 4 N–H and O–H groups in total. The Hall–Kier alpha value is -5.19. The zero-order valence-electron chi connectivity index (χ0n) is 19.6. The number of nitrogens with two attached hydrogens (primary N) is 1. The number of carbonyl (C=O) groups excluding carboxylic acids is 1. The summed E-state index contributed by atoms with van der Waals surface area (Å²) in [6.07, 6.45) is 5.39. The Balaban J connectivity index is 1.43. The summed E-state index contributed by atoms with van der Waals surface area (Å²) >= 11 is 0. The molecule has 0 saturated heterocycles. The Morgan fingerprint density at radius 2 is 1.81 bits per heavy atom. The molecule has 11 heteroatoms. The van der Waals surface area contributed by atoms with Gasteiger partial charge in [0.2, 0.25) is 5.91 Å². The quantitative estimate of drug-likeness (QED) is 0.304. The number of fused-ring (bicyclic) bond motifs is 2. The molecule has 0 aliphatic carbocycles. The molecule has 0 spiro atoms. The lowest BCUT2D eigenvalue weighted by Crippen LogP contribution is -2.10. The van der Waals surface area contributed by atoms with Gasteiger partial charge in [0.1, 0.15) is 22.8 Å². The third-order valence-electron chi connectivity index (χ3n) is 6.05. The lowest BCUT2D eigenvalue weighted by Gasteiger charge is -2.05. The second kappa shape index (κ2) is 8.79. The monoisotopic (exact) mass is 493 g/mol. The number of halogens is 1. The highest BCUT2D eigenvalue weighted by atomic mass is 19.1. The number of H-pyrrole nitrogens is 1. The maximum Gasteiger partial charge on any atom is 0.225 e. The average molecular weight is 494 g/mol. The number of hydrogen-bond donors (Lipinski definition) is 3. The van der Waals surface area contributed by atoms with Crippen LogP contribution in [0.15, 0.2) is 67.1 Å². The fourth-order valence-corrected chi connectivity index (χ4v) is 4.13. The van der Waals surface area contributed by atoms with E-state index in [9.17, 15) is 9.18 Å². The van der Waals surface area contributed by atoms with Gasteiger partial charge in [0.05, 0.1) is 5.39 Å². The first-order chi connectivity index (χ1) is 18.0. The highest BCUT2D eigenvalue weighted by molar-refractivity contribution is 5.96. The largest absolute Gasteiger partial charge is 0.336 e. The number of nitrogen functional groups attached to an aromatic ring is 1. The molecular formula is C26H20FN9O. The van der Waals surface area contributed by atoms with Crippen LogP contribution in [0.25, 0.3) is 56.0 Å². The first kappa shape index (κ1) is 22.3. The van der Waals surface area contributed by atoms with E-state index < -0.39 is 0 Å². The molecule has 6 rings (SSSR count). The van der Waals surface area contributed by atoms with Gasteiger partial charge >= 0.3 is 0 Å². The highest BCUT2D eigenvalue weighted by Gasteiger charge is 2.20. The summed E-state index contributed by atoms with van der Waals surface area (Å²) in [5.74, 6) is 6.91. The fourth-order valence-electron chi connectivity index (χ4n) is 4.13. The molecule has 0 unspecified atom stereocenters. The van der Waals surface area contributed by atoms with E-state index in [1.807, 2.05) is 18.2 Å². The number of anilines is 1. The van der Waals surface area contributed by atoms with Crippen molar-refractivity contribution in [3.63, 3.8) is 0 Å². The van der Waals surface area contributed by atoms with Crippen molar-refractivity contribution in [1.29, 1.82) is 0 Å². The first-order valence-corrected chi connectivity index (χ1v) is 11.5. The van der Waals surface area contributed by atoms with E-state index in [-0.39, 0.29) is 11.7 Å². The zero-order valence-corrected chi connectivity index (χ0v) is 19.6. The van der Waals surface area contributed by atoms with Gasteiger partial charge in [-0.3, -0.25) is 9.89 Å². The van der Waals surface area contributed by atoms with Gasteiger partial charge in [0.15, 0.2) is 17.1 Å². The maximum absolute atomic E-state index is 13.5. The van der Waals surface area contributed by atoms with Crippen molar-refractivity contribution >= 4 is 33.9 Å². The van der Waals surface area contributed by atoms with E-state index >= 15 is 0 Å². The molecule has 182 valence electrons. The lowest BCUT2D eigenvalue weighted by molar-refractivity contribution is -0.115. The molecule has 0 aliphatic heterocycles. The van der Waals surface area contributed by atoms with E-state index in [1.54, 1.807) is 43.7 Å². The molecule has 5 heterocycles. The van der Waals surface area contributed by atoms with Crippen molar-refractivity contribution in [3.8, 4) is 33.8 Å². The summed E-state index contributed by atoms with van der Waals surface area (Å²) in [4.78, 5) is 29.6. The van der Waals surface area contributed by atoms with Crippen molar-refractivity contribution in [2.45, 2.75) is 13.3 Å². The van der Waals surface area contributed by atoms with Crippen LogP contribution in [0.3, 0.4) is 0 Å². The summed E-state index contributed by atoms with van der Waals surface area (Å²) in [6, 6.07) is 13.5. The summed E-state index contributed by atoms with van der Waals surface area (Å²) < 4.78 is 14.9. The van der Waals surface area contributed by atoms with Crippen LogP contribution < -0.4 is 11.2 Å². The van der Waals surface area contributed by atoms with Crippen LogP contribution in [0.2, 0.25) is 0 Å². The molecule has 0 atom stereocenters. The molecule has 0 fully saturated rings. The first-order valence-electron chi connectivity index (χ1n) is 11.5. The van der Waals surface area contributed by atoms with E-state index in [0.29, 0.717) is 46.0 Å². The summed E-state index contributed by atoms with van der Waals surface area (Å²) in [7, 11) is 0. The minimum absolute atomic E-state index is 0.104. The summed E-state index contributed by atoms with van der Waals surface area (Å²) in [6.45, 7) is 1.78. The third-order valence-corrected chi connectivity index (χ3v) is 6.05. The number of nitrogens with one attached hydrogen (secondary N) is 2. The van der Waals surface area contributed by atoms with Gasteiger partial charge in [-0.2, -0.15) is 5.10 Å². The number of benzene rings is 1. The zero-order chi connectivity index (χ0) is 25.5. The van der Waals surface area contributed by atoms with Gasteiger partial charge in [-0.05, 0) is 42.0 Å². The number of aromatic nitrogens is 7.